The predicted octanol–water partition coefficient (Wildman–Crippen LogP) is 4.34. The number of nitrogens with two attached hydrogens (primary N) is 1. The minimum absolute atomic E-state index is 0.278. The molecule has 0 bridgehead atoms. The molecule has 1 nitrogen and oxygen atoms in total. The number of benzene rings is 1. The van der Waals surface area contributed by atoms with Crippen LogP contribution in [0.5, 0.6) is 0 Å². The van der Waals surface area contributed by atoms with E-state index in [1.807, 2.05) is 13.0 Å². The van der Waals surface area contributed by atoms with Crippen LogP contribution in [-0.2, 0) is 6.42 Å². The summed E-state index contributed by atoms with van der Waals surface area (Å²) in [4.78, 5) is 2.13. The normalized spacial score (nSPS) is 12.7. The van der Waals surface area contributed by atoms with Gasteiger partial charge in [-0.25, -0.2) is 8.78 Å². The van der Waals surface area contributed by atoms with Gasteiger partial charge in [0, 0.05) is 26.3 Å². The third-order valence-electron chi connectivity index (χ3n) is 2.70. The molecule has 2 aromatic rings. The van der Waals surface area contributed by atoms with Crippen molar-refractivity contribution >= 4 is 27.3 Å². The molecule has 1 heterocycles. The lowest BCUT2D eigenvalue weighted by atomic mass is 10.0. The van der Waals surface area contributed by atoms with Crippen molar-refractivity contribution in [3.63, 3.8) is 0 Å². The average Bonchev–Trinajstić information content (AvgIpc) is 2.63. The second-order valence-corrected chi connectivity index (χ2v) is 6.24. The summed E-state index contributed by atoms with van der Waals surface area (Å²) < 4.78 is 27.3. The standard InChI is InChI=1S/C13H12BrF2NS/c1-7-10(14)6-13(18-7)12(17)4-8-2-3-9(15)5-11(8)16/h2-3,5-6,12H,4,17H2,1H3. The molecule has 5 heteroatoms. The smallest absolute Gasteiger partial charge is 0.129 e. The van der Waals surface area contributed by atoms with Crippen molar-refractivity contribution in [2.45, 2.75) is 19.4 Å². The molecule has 0 saturated heterocycles. The summed E-state index contributed by atoms with van der Waals surface area (Å²) in [6, 6.07) is 5.25. The van der Waals surface area contributed by atoms with Gasteiger partial charge in [-0.2, -0.15) is 0 Å². The van der Waals surface area contributed by atoms with Gasteiger partial charge in [0.2, 0.25) is 0 Å². The number of hydrogen-bond acceptors (Lipinski definition) is 2. The number of aryl methyl sites for hydroxylation is 1. The number of thiophene rings is 1. The lowest BCUT2D eigenvalue weighted by Crippen LogP contribution is -2.12. The van der Waals surface area contributed by atoms with Gasteiger partial charge in [-0.3, -0.25) is 0 Å². The number of hydrogen-bond donors (Lipinski definition) is 1. The zero-order valence-corrected chi connectivity index (χ0v) is 12.1. The molecule has 2 rings (SSSR count). The minimum Gasteiger partial charge on any atom is -0.323 e. The quantitative estimate of drug-likeness (QED) is 0.889. The Balaban J connectivity index is 2.18. The van der Waals surface area contributed by atoms with E-state index in [0.29, 0.717) is 12.0 Å². The van der Waals surface area contributed by atoms with Crippen molar-refractivity contribution in [3.05, 3.63) is 55.7 Å². The molecule has 1 aromatic heterocycles. The Kier molecular flexibility index (Phi) is 4.14. The van der Waals surface area contributed by atoms with Crippen molar-refractivity contribution in [2.24, 2.45) is 5.73 Å². The van der Waals surface area contributed by atoms with Crippen LogP contribution < -0.4 is 5.73 Å². The van der Waals surface area contributed by atoms with Gasteiger partial charge in [-0.1, -0.05) is 6.07 Å². The minimum atomic E-state index is -0.570. The Hall–Kier alpha value is -0.780. The molecule has 0 radical (unpaired) electrons. The Morgan fingerprint density at radius 3 is 2.61 bits per heavy atom. The zero-order valence-electron chi connectivity index (χ0n) is 9.71. The molecule has 2 N–H and O–H groups in total. The Morgan fingerprint density at radius 2 is 2.06 bits per heavy atom. The maximum atomic E-state index is 13.5. The first kappa shape index (κ1) is 13.6. The van der Waals surface area contributed by atoms with E-state index in [0.717, 1.165) is 20.3 Å². The predicted molar refractivity (Wildman–Crippen MR) is 73.7 cm³/mol. The summed E-state index contributed by atoms with van der Waals surface area (Å²) in [5.41, 5.74) is 6.48. The zero-order chi connectivity index (χ0) is 13.3. The van der Waals surface area contributed by atoms with E-state index >= 15 is 0 Å². The third-order valence-corrected chi connectivity index (χ3v) is 4.97. The van der Waals surface area contributed by atoms with Crippen LogP contribution in [-0.4, -0.2) is 0 Å². The van der Waals surface area contributed by atoms with Gasteiger partial charge in [-0.15, -0.1) is 11.3 Å². The molecule has 1 aromatic carbocycles. The van der Waals surface area contributed by atoms with Crippen molar-refractivity contribution < 1.29 is 8.78 Å². The number of rotatable bonds is 3. The van der Waals surface area contributed by atoms with Crippen LogP contribution in [0.2, 0.25) is 0 Å². The van der Waals surface area contributed by atoms with E-state index in [9.17, 15) is 8.78 Å². The van der Waals surface area contributed by atoms with Gasteiger partial charge < -0.3 is 5.73 Å². The third kappa shape index (κ3) is 2.96. The molecule has 1 unspecified atom stereocenters. The molecular weight excluding hydrogens is 320 g/mol. The monoisotopic (exact) mass is 331 g/mol. The summed E-state index contributed by atoms with van der Waals surface area (Å²) in [5, 5.41) is 0. The van der Waals surface area contributed by atoms with Crippen LogP contribution in [0.1, 0.15) is 21.4 Å². The largest absolute Gasteiger partial charge is 0.323 e. The van der Waals surface area contributed by atoms with E-state index in [2.05, 4.69) is 15.9 Å². The van der Waals surface area contributed by atoms with Crippen LogP contribution in [0, 0.1) is 18.6 Å². The van der Waals surface area contributed by atoms with Crippen LogP contribution in [0.15, 0.2) is 28.7 Å². The molecule has 96 valence electrons. The Bertz CT molecular complexity index is 549. The van der Waals surface area contributed by atoms with E-state index < -0.39 is 11.6 Å². The van der Waals surface area contributed by atoms with Crippen LogP contribution in [0.4, 0.5) is 8.78 Å². The van der Waals surface area contributed by atoms with Gasteiger partial charge in [0.05, 0.1) is 0 Å². The fraction of sp³-hybridized carbons (Fsp3) is 0.231. The maximum absolute atomic E-state index is 13.5. The summed E-state index contributed by atoms with van der Waals surface area (Å²) >= 11 is 5.01. The van der Waals surface area contributed by atoms with E-state index in [1.54, 1.807) is 11.3 Å². The average molecular weight is 332 g/mol. The van der Waals surface area contributed by atoms with Gasteiger partial charge in [0.15, 0.2) is 0 Å². The highest BCUT2D eigenvalue weighted by atomic mass is 79.9. The Labute approximate surface area is 117 Å². The molecule has 0 aliphatic rings. The SMILES string of the molecule is Cc1sc(C(N)Cc2ccc(F)cc2F)cc1Br. The Morgan fingerprint density at radius 1 is 1.33 bits per heavy atom. The van der Waals surface area contributed by atoms with Crippen LogP contribution >= 0.6 is 27.3 Å². The van der Waals surface area contributed by atoms with Crippen molar-refractivity contribution in [1.29, 1.82) is 0 Å². The molecule has 0 spiro atoms. The van der Waals surface area contributed by atoms with E-state index in [-0.39, 0.29) is 6.04 Å². The highest BCUT2D eigenvalue weighted by molar-refractivity contribution is 9.10. The second kappa shape index (κ2) is 5.47. The molecule has 18 heavy (non-hydrogen) atoms. The summed E-state index contributed by atoms with van der Waals surface area (Å²) in [5.74, 6) is -1.11. The summed E-state index contributed by atoms with van der Waals surface area (Å²) in [6.45, 7) is 1.99. The molecule has 0 amide bonds. The molecule has 1 atom stereocenters. The van der Waals surface area contributed by atoms with E-state index in [1.165, 1.54) is 12.1 Å². The first-order chi connectivity index (χ1) is 8.47. The molecular formula is C13H12BrF2NS. The fourth-order valence-corrected chi connectivity index (χ4v) is 3.25. The topological polar surface area (TPSA) is 26.0 Å². The van der Waals surface area contributed by atoms with Crippen molar-refractivity contribution in [1.82, 2.24) is 0 Å². The highest BCUT2D eigenvalue weighted by Gasteiger charge is 2.14. The van der Waals surface area contributed by atoms with Crippen molar-refractivity contribution in [2.75, 3.05) is 0 Å². The first-order valence-electron chi connectivity index (χ1n) is 5.42. The van der Waals surface area contributed by atoms with Gasteiger partial charge in [0.25, 0.3) is 0 Å². The number of halogens is 3. The van der Waals surface area contributed by atoms with E-state index in [4.69, 9.17) is 5.73 Å². The van der Waals surface area contributed by atoms with Crippen molar-refractivity contribution in [3.8, 4) is 0 Å². The maximum Gasteiger partial charge on any atom is 0.129 e. The van der Waals surface area contributed by atoms with Gasteiger partial charge in [0.1, 0.15) is 11.6 Å². The lowest BCUT2D eigenvalue weighted by Gasteiger charge is -2.10. The van der Waals surface area contributed by atoms with Crippen LogP contribution in [0.3, 0.4) is 0 Å². The first-order valence-corrected chi connectivity index (χ1v) is 7.03. The van der Waals surface area contributed by atoms with Crippen LogP contribution in [0.25, 0.3) is 0 Å². The summed E-state index contributed by atoms with van der Waals surface area (Å²) in [7, 11) is 0. The second-order valence-electron chi connectivity index (χ2n) is 4.10. The molecule has 0 fully saturated rings. The fourth-order valence-electron chi connectivity index (χ4n) is 1.69. The highest BCUT2D eigenvalue weighted by Crippen LogP contribution is 2.31. The lowest BCUT2D eigenvalue weighted by molar-refractivity contribution is 0.564. The van der Waals surface area contributed by atoms with Gasteiger partial charge in [-0.05, 0) is 47.0 Å². The molecule has 0 aliphatic heterocycles. The molecule has 0 saturated carbocycles. The molecule has 0 aliphatic carbocycles. The summed E-state index contributed by atoms with van der Waals surface area (Å²) in [6.07, 6.45) is 0.360. The van der Waals surface area contributed by atoms with Gasteiger partial charge >= 0.3 is 0 Å².